The molecule has 2 nitrogen and oxygen atoms in total. The third kappa shape index (κ3) is 4.97. The average Bonchev–Trinajstić information content (AvgIpc) is 2.58. The van der Waals surface area contributed by atoms with Crippen LogP contribution in [0.4, 0.5) is 0 Å². The molecule has 0 aromatic carbocycles. The lowest BCUT2D eigenvalue weighted by Gasteiger charge is -2.45. The molecule has 0 aromatic heterocycles. The molecule has 140 valence electrons. The summed E-state index contributed by atoms with van der Waals surface area (Å²) in [5, 5.41) is 0. The molecule has 2 unspecified atom stereocenters. The Hall–Kier alpha value is -0.0800. The van der Waals surface area contributed by atoms with E-state index in [1.54, 1.807) is 0 Å². The average molecular weight is 337 g/mol. The zero-order chi connectivity index (χ0) is 17.0. The van der Waals surface area contributed by atoms with Crippen LogP contribution in [0.15, 0.2) is 0 Å². The Morgan fingerprint density at radius 3 is 2.29 bits per heavy atom. The van der Waals surface area contributed by atoms with Crippen LogP contribution in [0, 0.1) is 29.1 Å². The van der Waals surface area contributed by atoms with Crippen molar-refractivity contribution in [2.24, 2.45) is 29.1 Å². The fourth-order valence-corrected chi connectivity index (χ4v) is 6.08. The van der Waals surface area contributed by atoms with E-state index in [4.69, 9.17) is 9.47 Å². The van der Waals surface area contributed by atoms with Crippen molar-refractivity contribution in [2.75, 3.05) is 20.3 Å². The third-order valence-corrected chi connectivity index (χ3v) is 7.50. The monoisotopic (exact) mass is 336 g/mol. The molecule has 24 heavy (non-hydrogen) atoms. The lowest BCUT2D eigenvalue weighted by molar-refractivity contribution is -0.0198. The van der Waals surface area contributed by atoms with Gasteiger partial charge in [-0.15, -0.1) is 0 Å². The smallest absolute Gasteiger partial charge is 0.0571 e. The van der Waals surface area contributed by atoms with Crippen LogP contribution >= 0.6 is 0 Å². The molecular formula is C22H40O2. The largest absolute Gasteiger partial charge is 0.381 e. The van der Waals surface area contributed by atoms with E-state index in [2.05, 4.69) is 13.8 Å². The van der Waals surface area contributed by atoms with Crippen molar-refractivity contribution >= 4 is 0 Å². The summed E-state index contributed by atoms with van der Waals surface area (Å²) in [6, 6.07) is 0. The number of hydrogen-bond donors (Lipinski definition) is 0. The summed E-state index contributed by atoms with van der Waals surface area (Å²) >= 11 is 0. The topological polar surface area (TPSA) is 18.5 Å². The van der Waals surface area contributed by atoms with Gasteiger partial charge in [0.2, 0.25) is 0 Å². The van der Waals surface area contributed by atoms with Crippen molar-refractivity contribution in [2.45, 2.75) is 90.6 Å². The van der Waals surface area contributed by atoms with Gasteiger partial charge in [0.05, 0.1) is 12.7 Å². The van der Waals surface area contributed by atoms with E-state index in [1.807, 2.05) is 7.11 Å². The predicted molar refractivity (Wildman–Crippen MR) is 100 cm³/mol. The molecule has 2 heteroatoms. The van der Waals surface area contributed by atoms with Crippen LogP contribution in [-0.4, -0.2) is 26.4 Å². The molecule has 3 atom stereocenters. The summed E-state index contributed by atoms with van der Waals surface area (Å²) < 4.78 is 11.7. The van der Waals surface area contributed by atoms with Crippen molar-refractivity contribution in [3.8, 4) is 0 Å². The van der Waals surface area contributed by atoms with Gasteiger partial charge in [-0.1, -0.05) is 39.0 Å². The first-order valence-electron chi connectivity index (χ1n) is 10.7. The molecular weight excluding hydrogens is 296 g/mol. The van der Waals surface area contributed by atoms with Crippen molar-refractivity contribution in [3.63, 3.8) is 0 Å². The fraction of sp³-hybridized carbons (Fsp3) is 1.00. The molecule has 3 aliphatic rings. The number of methoxy groups -OCH3 is 1. The van der Waals surface area contributed by atoms with Gasteiger partial charge in [-0.3, -0.25) is 0 Å². The Bertz CT molecular complexity index is 360. The molecule has 3 rings (SSSR count). The molecule has 0 N–H and O–H groups in total. The maximum absolute atomic E-state index is 6.21. The summed E-state index contributed by atoms with van der Waals surface area (Å²) in [5.41, 5.74) is 0.472. The van der Waals surface area contributed by atoms with Gasteiger partial charge >= 0.3 is 0 Å². The van der Waals surface area contributed by atoms with E-state index >= 15 is 0 Å². The van der Waals surface area contributed by atoms with Crippen molar-refractivity contribution in [1.82, 2.24) is 0 Å². The second-order valence-corrected chi connectivity index (χ2v) is 9.68. The second kappa shape index (κ2) is 8.54. The van der Waals surface area contributed by atoms with Crippen LogP contribution < -0.4 is 0 Å². The maximum atomic E-state index is 6.21. The third-order valence-electron chi connectivity index (χ3n) is 7.50. The predicted octanol–water partition coefficient (Wildman–Crippen LogP) is 5.84. The quantitative estimate of drug-likeness (QED) is 0.544. The molecule has 0 amide bonds. The Morgan fingerprint density at radius 2 is 1.67 bits per heavy atom. The zero-order valence-corrected chi connectivity index (χ0v) is 16.4. The van der Waals surface area contributed by atoms with Crippen LogP contribution in [-0.2, 0) is 9.47 Å². The van der Waals surface area contributed by atoms with Gasteiger partial charge < -0.3 is 9.47 Å². The lowest BCUT2D eigenvalue weighted by atomic mass is 9.62. The molecule has 3 aliphatic carbocycles. The minimum atomic E-state index is 0.438. The molecule has 0 saturated heterocycles. The molecule has 0 aromatic rings. The van der Waals surface area contributed by atoms with Gasteiger partial charge in [0.25, 0.3) is 0 Å². The van der Waals surface area contributed by atoms with E-state index < -0.39 is 0 Å². The highest BCUT2D eigenvalue weighted by Crippen LogP contribution is 2.48. The molecule has 3 fully saturated rings. The zero-order valence-electron chi connectivity index (χ0n) is 16.4. The van der Waals surface area contributed by atoms with Gasteiger partial charge in [-0.25, -0.2) is 0 Å². The van der Waals surface area contributed by atoms with Crippen LogP contribution in [0.25, 0.3) is 0 Å². The summed E-state index contributed by atoms with van der Waals surface area (Å²) in [7, 11) is 1.85. The highest BCUT2D eigenvalue weighted by atomic mass is 16.5. The van der Waals surface area contributed by atoms with Gasteiger partial charge in [-0.2, -0.15) is 0 Å². The van der Waals surface area contributed by atoms with Crippen molar-refractivity contribution in [3.05, 3.63) is 0 Å². The minimum Gasteiger partial charge on any atom is -0.381 e. The van der Waals surface area contributed by atoms with E-state index in [-0.39, 0.29) is 0 Å². The van der Waals surface area contributed by atoms with Crippen molar-refractivity contribution in [1.29, 1.82) is 0 Å². The van der Waals surface area contributed by atoms with Gasteiger partial charge in [0.15, 0.2) is 0 Å². The van der Waals surface area contributed by atoms with Crippen LogP contribution in [0.2, 0.25) is 0 Å². The molecule has 3 saturated carbocycles. The number of rotatable bonds is 7. The molecule has 0 radical (unpaired) electrons. The van der Waals surface area contributed by atoms with E-state index in [0.29, 0.717) is 11.5 Å². The number of ether oxygens (including phenoxy) is 2. The summed E-state index contributed by atoms with van der Waals surface area (Å²) in [6.07, 6.45) is 16.0. The maximum Gasteiger partial charge on any atom is 0.0571 e. The van der Waals surface area contributed by atoms with Gasteiger partial charge in [-0.05, 0) is 74.5 Å². The first-order valence-corrected chi connectivity index (χ1v) is 10.7. The van der Waals surface area contributed by atoms with E-state index in [9.17, 15) is 0 Å². The van der Waals surface area contributed by atoms with E-state index in [0.717, 1.165) is 36.9 Å². The normalized spacial score (nSPS) is 41.1. The van der Waals surface area contributed by atoms with Crippen LogP contribution in [0.1, 0.15) is 84.5 Å². The summed E-state index contributed by atoms with van der Waals surface area (Å²) in [4.78, 5) is 0. The van der Waals surface area contributed by atoms with Crippen molar-refractivity contribution < 1.29 is 9.47 Å². The Balaban J connectivity index is 1.31. The lowest BCUT2D eigenvalue weighted by Crippen LogP contribution is -2.37. The van der Waals surface area contributed by atoms with Gasteiger partial charge in [0.1, 0.15) is 0 Å². The SMILES string of the molecule is CO[C@H](C)C1CCC(CCOCC2(C)CC3CCCC(C3)C2)CC1. The first-order chi connectivity index (χ1) is 11.6. The molecule has 0 aliphatic heterocycles. The number of hydrogen-bond acceptors (Lipinski definition) is 2. The van der Waals surface area contributed by atoms with Gasteiger partial charge in [0, 0.05) is 13.7 Å². The minimum absolute atomic E-state index is 0.438. The standard InChI is InChI=1S/C22H40O2/c1-17(23-3)21-9-7-18(8-10-21)11-12-24-16-22(2)14-19-5-4-6-20(13-19)15-22/h17-21H,4-16H2,1-3H3/t17-,18?,19?,20?,21?,22?/m1/s1. The Labute approximate surface area is 150 Å². The highest BCUT2D eigenvalue weighted by Gasteiger charge is 2.39. The molecule has 0 heterocycles. The summed E-state index contributed by atoms with van der Waals surface area (Å²) in [5.74, 6) is 3.69. The second-order valence-electron chi connectivity index (χ2n) is 9.68. The summed E-state index contributed by atoms with van der Waals surface area (Å²) in [6.45, 7) is 6.72. The molecule has 2 bridgehead atoms. The molecule has 0 spiro atoms. The highest BCUT2D eigenvalue weighted by molar-refractivity contribution is 4.90. The Kier molecular flexibility index (Phi) is 6.65. The Morgan fingerprint density at radius 1 is 1.00 bits per heavy atom. The van der Waals surface area contributed by atoms with Crippen LogP contribution in [0.5, 0.6) is 0 Å². The van der Waals surface area contributed by atoms with E-state index in [1.165, 1.54) is 70.6 Å². The van der Waals surface area contributed by atoms with Crippen LogP contribution in [0.3, 0.4) is 0 Å². The first kappa shape index (κ1) is 18.7. The fourth-order valence-electron chi connectivity index (χ4n) is 6.08. The number of fused-ring (bicyclic) bond motifs is 2.